The Balaban J connectivity index is 2.14. The number of hydrogen-bond donors (Lipinski definition) is 1. The second kappa shape index (κ2) is 9.99. The second-order valence-electron chi connectivity index (χ2n) is 9.61. The molecule has 0 aromatic heterocycles. The van der Waals surface area contributed by atoms with Crippen molar-refractivity contribution in [3.05, 3.63) is 101 Å². The number of rotatable bonds is 7. The molecular formula is C29H37NOSi. The van der Waals surface area contributed by atoms with Crippen LogP contribution in [0.25, 0.3) is 5.57 Å². The molecule has 0 spiro atoms. The quantitative estimate of drug-likeness (QED) is 0.472. The maximum Gasteiger partial charge on any atom is 0.261 e. The molecule has 2 N–H and O–H groups in total. The summed E-state index contributed by atoms with van der Waals surface area (Å²) in [6.07, 6.45) is 2.09. The molecule has 0 radical (unpaired) electrons. The smallest absolute Gasteiger partial charge is 0.261 e. The Bertz CT molecular complexity index is 1030. The zero-order chi connectivity index (χ0) is 23.4. The maximum absolute atomic E-state index is 7.20. The third-order valence-corrected chi connectivity index (χ3v) is 11.5. The number of allylic oxidation sites excluding steroid dienone is 1. The molecule has 0 aliphatic carbocycles. The molecular weight excluding hydrogens is 406 g/mol. The van der Waals surface area contributed by atoms with Crippen LogP contribution in [0.2, 0.25) is 5.04 Å². The van der Waals surface area contributed by atoms with Crippen molar-refractivity contribution < 1.29 is 4.43 Å². The van der Waals surface area contributed by atoms with Crippen molar-refractivity contribution in [2.75, 3.05) is 6.54 Å². The largest absolute Gasteiger partial charge is 0.403 e. The molecule has 0 aliphatic heterocycles. The predicted octanol–water partition coefficient (Wildman–Crippen LogP) is 5.74. The van der Waals surface area contributed by atoms with Crippen LogP contribution < -0.4 is 16.1 Å². The summed E-state index contributed by atoms with van der Waals surface area (Å²) in [6.45, 7) is 14.6. The number of aryl methyl sites for hydroxylation is 1. The Kier molecular flexibility index (Phi) is 7.55. The van der Waals surface area contributed by atoms with E-state index >= 15 is 0 Å². The summed E-state index contributed by atoms with van der Waals surface area (Å²) in [5, 5.41) is 2.58. The van der Waals surface area contributed by atoms with Crippen LogP contribution >= 0.6 is 0 Å². The molecule has 0 amide bonds. The summed E-state index contributed by atoms with van der Waals surface area (Å²) in [7, 11) is -2.57. The van der Waals surface area contributed by atoms with Crippen LogP contribution in [0, 0.1) is 13.8 Å². The minimum atomic E-state index is -2.57. The van der Waals surface area contributed by atoms with Crippen molar-refractivity contribution in [3.8, 4) is 0 Å². The summed E-state index contributed by atoms with van der Waals surface area (Å²) < 4.78 is 7.20. The first-order chi connectivity index (χ1) is 15.2. The monoisotopic (exact) mass is 443 g/mol. The van der Waals surface area contributed by atoms with Crippen LogP contribution in [0.5, 0.6) is 0 Å². The highest BCUT2D eigenvalue weighted by molar-refractivity contribution is 6.99. The summed E-state index contributed by atoms with van der Waals surface area (Å²) in [5.41, 5.74) is 12.1. The molecule has 0 aliphatic rings. The summed E-state index contributed by atoms with van der Waals surface area (Å²) in [4.78, 5) is 0. The van der Waals surface area contributed by atoms with Crippen LogP contribution in [0.3, 0.4) is 0 Å². The van der Waals surface area contributed by atoms with Crippen molar-refractivity contribution in [1.82, 2.24) is 0 Å². The Labute approximate surface area is 195 Å². The van der Waals surface area contributed by atoms with Crippen LogP contribution in [-0.4, -0.2) is 14.9 Å². The molecule has 3 aromatic rings. The Morgan fingerprint density at radius 2 is 1.41 bits per heavy atom. The molecule has 0 atom stereocenters. The van der Waals surface area contributed by atoms with Crippen LogP contribution in [0.15, 0.2) is 78.9 Å². The average molecular weight is 444 g/mol. The van der Waals surface area contributed by atoms with E-state index < -0.39 is 8.32 Å². The molecule has 0 unspecified atom stereocenters. The highest BCUT2D eigenvalue weighted by atomic mass is 28.4. The molecule has 0 fully saturated rings. The first-order valence-corrected chi connectivity index (χ1v) is 13.3. The second-order valence-corrected chi connectivity index (χ2v) is 13.9. The van der Waals surface area contributed by atoms with Crippen LogP contribution in [0.4, 0.5) is 0 Å². The standard InChI is InChI=1S/C29H37NOSi/c1-22-17-18-27(23(2)19-20-30)24(3)28(22)21-31-32(29(4,5)6,25-13-9-7-10-14-25)26-15-11-8-12-16-26/h7-19H,20-21,30H2,1-6H3. The van der Waals surface area contributed by atoms with E-state index in [1.807, 2.05) is 0 Å². The van der Waals surface area contributed by atoms with E-state index in [-0.39, 0.29) is 5.04 Å². The van der Waals surface area contributed by atoms with E-state index in [2.05, 4.69) is 120 Å². The molecule has 32 heavy (non-hydrogen) atoms. The lowest BCUT2D eigenvalue weighted by Crippen LogP contribution is -2.66. The highest BCUT2D eigenvalue weighted by Crippen LogP contribution is 2.38. The first kappa shape index (κ1) is 24.2. The minimum absolute atomic E-state index is 0.0372. The van der Waals surface area contributed by atoms with E-state index in [0.29, 0.717) is 13.2 Å². The Morgan fingerprint density at radius 1 is 0.875 bits per heavy atom. The van der Waals surface area contributed by atoms with Crippen LogP contribution in [-0.2, 0) is 11.0 Å². The van der Waals surface area contributed by atoms with Crippen molar-refractivity contribution >= 4 is 24.3 Å². The fourth-order valence-electron chi connectivity index (χ4n) is 4.77. The lowest BCUT2D eigenvalue weighted by atomic mass is 9.94. The van der Waals surface area contributed by atoms with Gasteiger partial charge in [0.15, 0.2) is 0 Å². The maximum atomic E-state index is 7.20. The van der Waals surface area contributed by atoms with Gasteiger partial charge in [-0.05, 0) is 64.0 Å². The number of nitrogens with two attached hydrogens (primary N) is 1. The molecule has 168 valence electrons. The van der Waals surface area contributed by atoms with Gasteiger partial charge in [-0.15, -0.1) is 0 Å². The van der Waals surface area contributed by atoms with Gasteiger partial charge in [0.25, 0.3) is 8.32 Å². The van der Waals surface area contributed by atoms with Gasteiger partial charge in [0.05, 0.1) is 6.61 Å². The van der Waals surface area contributed by atoms with E-state index in [1.54, 1.807) is 0 Å². The van der Waals surface area contributed by atoms with Gasteiger partial charge < -0.3 is 10.2 Å². The highest BCUT2D eigenvalue weighted by Gasteiger charge is 2.50. The van der Waals surface area contributed by atoms with E-state index in [4.69, 9.17) is 10.2 Å². The molecule has 3 heteroatoms. The summed E-state index contributed by atoms with van der Waals surface area (Å²) in [6, 6.07) is 26.1. The van der Waals surface area contributed by atoms with E-state index in [1.165, 1.54) is 38.2 Å². The third kappa shape index (κ3) is 4.66. The van der Waals surface area contributed by atoms with Gasteiger partial charge in [0, 0.05) is 6.54 Å². The topological polar surface area (TPSA) is 35.2 Å². The Hall–Kier alpha value is -2.46. The summed E-state index contributed by atoms with van der Waals surface area (Å²) in [5.74, 6) is 0. The van der Waals surface area contributed by atoms with Gasteiger partial charge >= 0.3 is 0 Å². The summed E-state index contributed by atoms with van der Waals surface area (Å²) >= 11 is 0. The number of hydrogen-bond acceptors (Lipinski definition) is 2. The Morgan fingerprint density at radius 3 is 1.88 bits per heavy atom. The average Bonchev–Trinajstić information content (AvgIpc) is 2.76. The fraction of sp³-hybridized carbons (Fsp3) is 0.310. The van der Waals surface area contributed by atoms with Crippen LogP contribution in [0.1, 0.15) is 49.9 Å². The van der Waals surface area contributed by atoms with Gasteiger partial charge in [-0.3, -0.25) is 0 Å². The molecule has 0 saturated heterocycles. The zero-order valence-electron chi connectivity index (χ0n) is 20.4. The molecule has 2 nitrogen and oxygen atoms in total. The van der Waals surface area contributed by atoms with Crippen molar-refractivity contribution in [3.63, 3.8) is 0 Å². The van der Waals surface area contributed by atoms with Gasteiger partial charge in [0.1, 0.15) is 0 Å². The van der Waals surface area contributed by atoms with E-state index in [9.17, 15) is 0 Å². The van der Waals surface area contributed by atoms with Gasteiger partial charge in [-0.1, -0.05) is 99.6 Å². The minimum Gasteiger partial charge on any atom is -0.403 e. The SMILES string of the molecule is CC(=CCN)c1ccc(C)c(CO[Si](c2ccccc2)(c2ccccc2)C(C)(C)C)c1C. The lowest BCUT2D eigenvalue weighted by molar-refractivity contribution is 0.285. The molecule has 0 saturated carbocycles. The predicted molar refractivity (Wildman–Crippen MR) is 141 cm³/mol. The number of benzene rings is 3. The normalized spacial score (nSPS) is 12.8. The van der Waals surface area contributed by atoms with E-state index in [0.717, 1.165) is 0 Å². The van der Waals surface area contributed by atoms with Crippen molar-refractivity contribution in [2.24, 2.45) is 5.73 Å². The third-order valence-electron chi connectivity index (χ3n) is 6.53. The fourth-order valence-corrected chi connectivity index (χ4v) is 9.29. The first-order valence-electron chi connectivity index (χ1n) is 11.4. The van der Waals surface area contributed by atoms with Gasteiger partial charge in [-0.2, -0.15) is 0 Å². The zero-order valence-corrected chi connectivity index (χ0v) is 21.4. The molecule has 3 rings (SSSR count). The lowest BCUT2D eigenvalue weighted by Gasteiger charge is -2.43. The van der Waals surface area contributed by atoms with Gasteiger partial charge in [-0.25, -0.2) is 0 Å². The molecule has 3 aromatic carbocycles. The van der Waals surface area contributed by atoms with Crippen molar-refractivity contribution in [1.29, 1.82) is 0 Å². The van der Waals surface area contributed by atoms with Crippen molar-refractivity contribution in [2.45, 2.75) is 53.2 Å². The van der Waals surface area contributed by atoms with Gasteiger partial charge in [0.2, 0.25) is 0 Å². The molecule has 0 bridgehead atoms. The molecule has 0 heterocycles.